The van der Waals surface area contributed by atoms with Crippen molar-refractivity contribution in [3.8, 4) is 0 Å². The number of likely N-dealkylation sites (tertiary alicyclic amines) is 1. The molecular formula is C14H30N2. The molecule has 16 heavy (non-hydrogen) atoms. The van der Waals surface area contributed by atoms with E-state index in [1.165, 1.54) is 45.1 Å². The Labute approximate surface area is 102 Å². The van der Waals surface area contributed by atoms with E-state index in [2.05, 4.69) is 25.7 Å². The number of hydrogen-bond donors (Lipinski definition) is 1. The predicted octanol–water partition coefficient (Wildman–Crippen LogP) is 3.01. The average molecular weight is 226 g/mol. The minimum absolute atomic E-state index is 0.741. The van der Waals surface area contributed by atoms with Gasteiger partial charge in [-0.25, -0.2) is 0 Å². The van der Waals surface area contributed by atoms with Crippen LogP contribution in [0.3, 0.4) is 0 Å². The molecule has 0 amide bonds. The fourth-order valence-electron chi connectivity index (χ4n) is 2.87. The summed E-state index contributed by atoms with van der Waals surface area (Å²) < 4.78 is 0. The van der Waals surface area contributed by atoms with E-state index in [0.717, 1.165) is 24.5 Å². The van der Waals surface area contributed by atoms with Crippen LogP contribution >= 0.6 is 0 Å². The molecule has 2 nitrogen and oxygen atoms in total. The third-order valence-corrected chi connectivity index (χ3v) is 4.15. The van der Waals surface area contributed by atoms with Crippen molar-refractivity contribution in [2.75, 3.05) is 13.1 Å². The van der Waals surface area contributed by atoms with Crippen molar-refractivity contribution < 1.29 is 0 Å². The van der Waals surface area contributed by atoms with Crippen molar-refractivity contribution in [2.45, 2.75) is 71.4 Å². The van der Waals surface area contributed by atoms with E-state index >= 15 is 0 Å². The molecule has 1 heterocycles. The van der Waals surface area contributed by atoms with Crippen LogP contribution in [0.1, 0.15) is 59.3 Å². The largest absolute Gasteiger partial charge is 0.330 e. The van der Waals surface area contributed by atoms with Gasteiger partial charge in [-0.2, -0.15) is 0 Å². The summed E-state index contributed by atoms with van der Waals surface area (Å²) in [5.41, 5.74) is 5.81. The van der Waals surface area contributed by atoms with Crippen LogP contribution in [0.2, 0.25) is 0 Å². The maximum absolute atomic E-state index is 5.81. The van der Waals surface area contributed by atoms with Gasteiger partial charge in [-0.3, -0.25) is 4.90 Å². The van der Waals surface area contributed by atoms with Gasteiger partial charge in [-0.05, 0) is 45.6 Å². The zero-order chi connectivity index (χ0) is 12.0. The molecule has 0 radical (unpaired) electrons. The third kappa shape index (κ3) is 4.06. The molecule has 3 atom stereocenters. The fourth-order valence-corrected chi connectivity index (χ4v) is 2.87. The summed E-state index contributed by atoms with van der Waals surface area (Å²) in [5, 5.41) is 0. The summed E-state index contributed by atoms with van der Waals surface area (Å²) in [7, 11) is 0. The molecular weight excluding hydrogens is 196 g/mol. The Bertz CT molecular complexity index is 182. The van der Waals surface area contributed by atoms with Crippen molar-refractivity contribution in [3.63, 3.8) is 0 Å². The standard InChI is InChI=1S/C14H30N2/c1-4-5-6-7-12(2)16-11-14(10-15)9-8-13(16)3/h12-14H,4-11,15H2,1-3H3. The highest BCUT2D eigenvalue weighted by atomic mass is 15.2. The lowest BCUT2D eigenvalue weighted by molar-refractivity contribution is 0.0763. The molecule has 1 rings (SSSR count). The quantitative estimate of drug-likeness (QED) is 0.705. The highest BCUT2D eigenvalue weighted by Crippen LogP contribution is 2.24. The van der Waals surface area contributed by atoms with Crippen LogP contribution in [-0.4, -0.2) is 30.1 Å². The highest BCUT2D eigenvalue weighted by molar-refractivity contribution is 4.82. The first-order valence-corrected chi connectivity index (χ1v) is 7.14. The molecule has 0 saturated carbocycles. The van der Waals surface area contributed by atoms with Gasteiger partial charge in [0.2, 0.25) is 0 Å². The van der Waals surface area contributed by atoms with Crippen molar-refractivity contribution in [1.82, 2.24) is 4.90 Å². The molecule has 0 aromatic heterocycles. The van der Waals surface area contributed by atoms with Gasteiger partial charge in [0, 0.05) is 18.6 Å². The average Bonchev–Trinajstić information content (AvgIpc) is 2.30. The van der Waals surface area contributed by atoms with Gasteiger partial charge in [0.1, 0.15) is 0 Å². The molecule has 2 heteroatoms. The van der Waals surface area contributed by atoms with E-state index in [0.29, 0.717) is 0 Å². The smallest absolute Gasteiger partial charge is 0.00699 e. The van der Waals surface area contributed by atoms with Crippen molar-refractivity contribution in [1.29, 1.82) is 0 Å². The van der Waals surface area contributed by atoms with E-state index in [1.807, 2.05) is 0 Å². The second-order valence-corrected chi connectivity index (χ2v) is 5.57. The Hall–Kier alpha value is -0.0800. The van der Waals surface area contributed by atoms with E-state index in [4.69, 9.17) is 5.73 Å². The topological polar surface area (TPSA) is 29.3 Å². The van der Waals surface area contributed by atoms with E-state index in [-0.39, 0.29) is 0 Å². The van der Waals surface area contributed by atoms with Crippen molar-refractivity contribution >= 4 is 0 Å². The van der Waals surface area contributed by atoms with Gasteiger partial charge in [-0.15, -0.1) is 0 Å². The zero-order valence-corrected chi connectivity index (χ0v) is 11.4. The van der Waals surface area contributed by atoms with Crippen LogP contribution < -0.4 is 5.73 Å². The molecule has 0 spiro atoms. The van der Waals surface area contributed by atoms with Crippen LogP contribution in [0, 0.1) is 5.92 Å². The molecule has 0 aliphatic carbocycles. The number of nitrogens with zero attached hydrogens (tertiary/aromatic N) is 1. The number of piperidine rings is 1. The summed E-state index contributed by atoms with van der Waals surface area (Å²) >= 11 is 0. The lowest BCUT2D eigenvalue weighted by Crippen LogP contribution is -2.48. The fraction of sp³-hybridized carbons (Fsp3) is 1.00. The monoisotopic (exact) mass is 226 g/mol. The van der Waals surface area contributed by atoms with Crippen LogP contribution in [0.5, 0.6) is 0 Å². The second-order valence-electron chi connectivity index (χ2n) is 5.57. The molecule has 96 valence electrons. The van der Waals surface area contributed by atoms with Crippen LogP contribution in [0.4, 0.5) is 0 Å². The van der Waals surface area contributed by atoms with Gasteiger partial charge >= 0.3 is 0 Å². The number of rotatable bonds is 6. The van der Waals surface area contributed by atoms with Gasteiger partial charge in [-0.1, -0.05) is 26.2 Å². The summed E-state index contributed by atoms with van der Waals surface area (Å²) in [4.78, 5) is 2.69. The van der Waals surface area contributed by atoms with E-state index in [1.54, 1.807) is 0 Å². The van der Waals surface area contributed by atoms with Gasteiger partial charge in [0.05, 0.1) is 0 Å². The van der Waals surface area contributed by atoms with Gasteiger partial charge in [0.25, 0.3) is 0 Å². The Morgan fingerprint density at radius 3 is 2.69 bits per heavy atom. The van der Waals surface area contributed by atoms with Gasteiger partial charge in [0.15, 0.2) is 0 Å². The Kier molecular flexibility index (Phi) is 6.37. The molecule has 0 aromatic rings. The SMILES string of the molecule is CCCCCC(C)N1CC(CN)CCC1C. The highest BCUT2D eigenvalue weighted by Gasteiger charge is 2.27. The number of hydrogen-bond acceptors (Lipinski definition) is 2. The maximum Gasteiger partial charge on any atom is 0.00699 e. The molecule has 1 aliphatic heterocycles. The molecule has 0 aromatic carbocycles. The van der Waals surface area contributed by atoms with E-state index in [9.17, 15) is 0 Å². The van der Waals surface area contributed by atoms with Gasteiger partial charge < -0.3 is 5.73 Å². The number of nitrogens with two attached hydrogens (primary N) is 1. The predicted molar refractivity (Wildman–Crippen MR) is 71.6 cm³/mol. The molecule has 3 unspecified atom stereocenters. The van der Waals surface area contributed by atoms with E-state index < -0.39 is 0 Å². The van der Waals surface area contributed by atoms with Crippen LogP contribution in [0.25, 0.3) is 0 Å². The molecule has 1 aliphatic rings. The summed E-state index contributed by atoms with van der Waals surface area (Å²) in [6.07, 6.45) is 8.11. The molecule has 1 saturated heterocycles. The zero-order valence-electron chi connectivity index (χ0n) is 11.4. The Balaban J connectivity index is 2.36. The summed E-state index contributed by atoms with van der Waals surface area (Å²) in [6.45, 7) is 9.14. The van der Waals surface area contributed by atoms with Crippen LogP contribution in [-0.2, 0) is 0 Å². The Morgan fingerprint density at radius 2 is 2.06 bits per heavy atom. The van der Waals surface area contributed by atoms with Crippen LogP contribution in [0.15, 0.2) is 0 Å². The minimum Gasteiger partial charge on any atom is -0.330 e. The lowest BCUT2D eigenvalue weighted by Gasteiger charge is -2.41. The number of unbranched alkanes of at least 4 members (excludes halogenated alkanes) is 2. The molecule has 1 fully saturated rings. The minimum atomic E-state index is 0.741. The lowest BCUT2D eigenvalue weighted by atomic mass is 9.91. The first-order chi connectivity index (χ1) is 7.69. The molecule has 2 N–H and O–H groups in total. The first kappa shape index (κ1) is 14.0. The summed E-state index contributed by atoms with van der Waals surface area (Å²) in [5.74, 6) is 0.741. The summed E-state index contributed by atoms with van der Waals surface area (Å²) in [6, 6.07) is 1.51. The second kappa shape index (κ2) is 7.29. The van der Waals surface area contributed by atoms with Crippen molar-refractivity contribution in [3.05, 3.63) is 0 Å². The maximum atomic E-state index is 5.81. The normalized spacial score (nSPS) is 29.2. The molecule has 0 bridgehead atoms. The first-order valence-electron chi connectivity index (χ1n) is 7.14. The third-order valence-electron chi connectivity index (χ3n) is 4.15. The Morgan fingerprint density at radius 1 is 1.31 bits per heavy atom. The van der Waals surface area contributed by atoms with Crippen molar-refractivity contribution in [2.24, 2.45) is 11.7 Å².